The zero-order valence-electron chi connectivity index (χ0n) is 7.42. The average Bonchev–Trinajstić information content (AvgIpc) is 2.47. The van der Waals surface area contributed by atoms with Gasteiger partial charge in [-0.3, -0.25) is 4.21 Å². The molecule has 1 saturated carbocycles. The minimum atomic E-state index is -0.514. The largest absolute Gasteiger partial charge is 0.316 e. The van der Waals surface area contributed by atoms with Crippen LogP contribution in [0, 0.1) is 5.92 Å². The van der Waals surface area contributed by atoms with Gasteiger partial charge >= 0.3 is 0 Å². The van der Waals surface area contributed by atoms with E-state index in [9.17, 15) is 4.21 Å². The van der Waals surface area contributed by atoms with Gasteiger partial charge in [-0.15, -0.1) is 0 Å². The summed E-state index contributed by atoms with van der Waals surface area (Å²) in [6.45, 7) is 2.19. The first-order valence-corrected chi connectivity index (χ1v) is 6.32. The van der Waals surface area contributed by atoms with Gasteiger partial charge < -0.3 is 5.32 Å². The maximum Gasteiger partial charge on any atom is 0.0348 e. The Balaban J connectivity index is 1.74. The maximum atomic E-state index is 11.7. The first-order chi connectivity index (χ1) is 5.86. The molecular formula is C9H17NOS. The molecule has 12 heavy (non-hydrogen) atoms. The summed E-state index contributed by atoms with van der Waals surface area (Å²) >= 11 is 0. The summed E-state index contributed by atoms with van der Waals surface area (Å²) in [6, 6.07) is 0. The van der Waals surface area contributed by atoms with Gasteiger partial charge in [0.05, 0.1) is 0 Å². The van der Waals surface area contributed by atoms with Crippen LogP contribution in [-0.4, -0.2) is 28.3 Å². The van der Waals surface area contributed by atoms with Crippen LogP contribution in [0.1, 0.15) is 25.7 Å². The normalized spacial score (nSPS) is 28.7. The SMILES string of the molecule is O=S(CC1CNC1)C1CCCC1. The van der Waals surface area contributed by atoms with Crippen LogP contribution >= 0.6 is 0 Å². The molecule has 0 bridgehead atoms. The minimum absolute atomic E-state index is 0.514. The van der Waals surface area contributed by atoms with Gasteiger partial charge in [-0.25, -0.2) is 0 Å². The van der Waals surface area contributed by atoms with Gasteiger partial charge in [0, 0.05) is 34.9 Å². The lowest BCUT2D eigenvalue weighted by atomic mass is 10.1. The van der Waals surface area contributed by atoms with Crippen molar-refractivity contribution in [3.63, 3.8) is 0 Å². The van der Waals surface area contributed by atoms with Crippen molar-refractivity contribution in [2.75, 3.05) is 18.8 Å². The van der Waals surface area contributed by atoms with Gasteiger partial charge in [0.15, 0.2) is 0 Å². The van der Waals surface area contributed by atoms with E-state index in [4.69, 9.17) is 0 Å². The van der Waals surface area contributed by atoms with Crippen LogP contribution in [0.5, 0.6) is 0 Å². The second-order valence-electron chi connectivity index (χ2n) is 3.98. The predicted octanol–water partition coefficient (Wildman–Crippen LogP) is 0.897. The highest BCUT2D eigenvalue weighted by Crippen LogP contribution is 2.24. The van der Waals surface area contributed by atoms with Crippen molar-refractivity contribution >= 4 is 10.8 Å². The molecule has 1 N–H and O–H groups in total. The Hall–Kier alpha value is 0.110. The third-order valence-corrected chi connectivity index (χ3v) is 4.95. The van der Waals surface area contributed by atoms with E-state index < -0.39 is 10.8 Å². The molecule has 70 valence electrons. The molecule has 1 aliphatic carbocycles. The summed E-state index contributed by atoms with van der Waals surface area (Å²) in [4.78, 5) is 0. The fourth-order valence-corrected chi connectivity index (χ4v) is 3.82. The average molecular weight is 187 g/mol. The van der Waals surface area contributed by atoms with E-state index in [1.165, 1.54) is 25.7 Å². The third kappa shape index (κ3) is 1.88. The lowest BCUT2D eigenvalue weighted by molar-refractivity contribution is 0.382. The quantitative estimate of drug-likeness (QED) is 0.711. The van der Waals surface area contributed by atoms with Gasteiger partial charge in [0.25, 0.3) is 0 Å². The van der Waals surface area contributed by atoms with E-state index in [0.717, 1.165) is 18.8 Å². The Morgan fingerprint density at radius 2 is 1.92 bits per heavy atom. The molecule has 3 heteroatoms. The maximum absolute atomic E-state index is 11.7. The van der Waals surface area contributed by atoms with Crippen molar-refractivity contribution in [1.29, 1.82) is 0 Å². The molecule has 0 aromatic heterocycles. The molecule has 2 aliphatic rings. The summed E-state index contributed by atoms with van der Waals surface area (Å²) in [7, 11) is -0.514. The lowest BCUT2D eigenvalue weighted by Crippen LogP contribution is -2.45. The zero-order valence-corrected chi connectivity index (χ0v) is 8.24. The molecule has 1 unspecified atom stereocenters. The van der Waals surface area contributed by atoms with E-state index in [2.05, 4.69) is 5.32 Å². The van der Waals surface area contributed by atoms with Gasteiger partial charge in [0.1, 0.15) is 0 Å². The number of rotatable bonds is 3. The lowest BCUT2D eigenvalue weighted by Gasteiger charge is -2.27. The van der Waals surface area contributed by atoms with E-state index in [1.54, 1.807) is 0 Å². The summed E-state index contributed by atoms with van der Waals surface area (Å²) in [6.07, 6.45) is 5.04. The fraction of sp³-hybridized carbons (Fsp3) is 1.00. The Bertz CT molecular complexity index is 173. The topological polar surface area (TPSA) is 29.1 Å². The van der Waals surface area contributed by atoms with Gasteiger partial charge in [-0.05, 0) is 18.8 Å². The Morgan fingerprint density at radius 1 is 1.25 bits per heavy atom. The highest BCUT2D eigenvalue weighted by molar-refractivity contribution is 7.85. The molecule has 0 radical (unpaired) electrons. The molecule has 1 saturated heterocycles. The molecule has 2 fully saturated rings. The molecule has 1 heterocycles. The molecule has 0 aromatic rings. The Morgan fingerprint density at radius 3 is 2.42 bits per heavy atom. The van der Waals surface area contributed by atoms with Gasteiger partial charge in [-0.1, -0.05) is 12.8 Å². The first kappa shape index (κ1) is 8.70. The molecule has 0 spiro atoms. The van der Waals surface area contributed by atoms with E-state index in [-0.39, 0.29) is 0 Å². The van der Waals surface area contributed by atoms with Crippen molar-refractivity contribution in [2.45, 2.75) is 30.9 Å². The highest BCUT2D eigenvalue weighted by Gasteiger charge is 2.26. The second kappa shape index (κ2) is 3.88. The molecule has 2 rings (SSSR count). The van der Waals surface area contributed by atoms with Crippen LogP contribution in [0.3, 0.4) is 0 Å². The van der Waals surface area contributed by atoms with Crippen molar-refractivity contribution in [1.82, 2.24) is 5.32 Å². The number of hydrogen-bond donors (Lipinski definition) is 1. The van der Waals surface area contributed by atoms with Crippen LogP contribution in [-0.2, 0) is 10.8 Å². The van der Waals surface area contributed by atoms with Crippen molar-refractivity contribution in [2.24, 2.45) is 5.92 Å². The standard InChI is InChI=1S/C9H17NOS/c11-12(7-8-5-10-6-8)9-3-1-2-4-9/h8-10H,1-7H2. The highest BCUT2D eigenvalue weighted by atomic mass is 32.2. The molecule has 2 nitrogen and oxygen atoms in total. The zero-order chi connectivity index (χ0) is 8.39. The second-order valence-corrected chi connectivity index (χ2v) is 5.74. The molecule has 0 amide bonds. The minimum Gasteiger partial charge on any atom is -0.316 e. The summed E-state index contributed by atoms with van der Waals surface area (Å²) in [5, 5.41) is 3.77. The first-order valence-electron chi connectivity index (χ1n) is 4.94. The predicted molar refractivity (Wildman–Crippen MR) is 51.6 cm³/mol. The Kier molecular flexibility index (Phi) is 2.81. The summed E-state index contributed by atoms with van der Waals surface area (Å²) in [5.41, 5.74) is 0. The summed E-state index contributed by atoms with van der Waals surface area (Å²) in [5.74, 6) is 1.67. The van der Waals surface area contributed by atoms with Gasteiger partial charge in [0.2, 0.25) is 0 Å². The van der Waals surface area contributed by atoms with E-state index in [0.29, 0.717) is 11.2 Å². The van der Waals surface area contributed by atoms with E-state index in [1.807, 2.05) is 0 Å². The summed E-state index contributed by atoms with van der Waals surface area (Å²) < 4.78 is 11.7. The van der Waals surface area contributed by atoms with Crippen molar-refractivity contribution in [3.05, 3.63) is 0 Å². The number of hydrogen-bond acceptors (Lipinski definition) is 2. The molecule has 1 aliphatic heterocycles. The van der Waals surface area contributed by atoms with Crippen molar-refractivity contribution < 1.29 is 4.21 Å². The smallest absolute Gasteiger partial charge is 0.0348 e. The molecule has 1 atom stereocenters. The van der Waals surface area contributed by atoms with Crippen molar-refractivity contribution in [3.8, 4) is 0 Å². The number of nitrogens with one attached hydrogen (secondary N) is 1. The van der Waals surface area contributed by atoms with Crippen LogP contribution < -0.4 is 5.32 Å². The monoisotopic (exact) mass is 187 g/mol. The van der Waals surface area contributed by atoms with E-state index >= 15 is 0 Å². The van der Waals surface area contributed by atoms with Crippen LogP contribution in [0.4, 0.5) is 0 Å². The third-order valence-electron chi connectivity index (χ3n) is 2.94. The van der Waals surface area contributed by atoms with Gasteiger partial charge in [-0.2, -0.15) is 0 Å². The molecule has 0 aromatic carbocycles. The molecular weight excluding hydrogens is 170 g/mol. The van der Waals surface area contributed by atoms with Crippen LogP contribution in [0.2, 0.25) is 0 Å². The van der Waals surface area contributed by atoms with Crippen LogP contribution in [0.25, 0.3) is 0 Å². The Labute approximate surface area is 76.6 Å². The fourth-order valence-electron chi connectivity index (χ4n) is 1.99. The van der Waals surface area contributed by atoms with Crippen LogP contribution in [0.15, 0.2) is 0 Å².